The molecule has 3 N–H and O–H groups in total. The van der Waals surface area contributed by atoms with Gasteiger partial charge in [0.05, 0.1) is 0 Å². The summed E-state index contributed by atoms with van der Waals surface area (Å²) >= 11 is 0. The summed E-state index contributed by atoms with van der Waals surface area (Å²) in [5.41, 5.74) is 7.14. The van der Waals surface area contributed by atoms with Crippen molar-refractivity contribution >= 4 is 15.7 Å². The molecular weight excluding hydrogens is 288 g/mol. The Morgan fingerprint density at radius 3 is 2.62 bits per heavy atom. The van der Waals surface area contributed by atoms with Crippen LogP contribution in [0.4, 0.5) is 5.69 Å². The fourth-order valence-corrected chi connectivity index (χ4v) is 2.77. The first-order valence-electron chi connectivity index (χ1n) is 6.56. The van der Waals surface area contributed by atoms with Gasteiger partial charge < -0.3 is 10.5 Å². The van der Waals surface area contributed by atoms with E-state index in [1.54, 1.807) is 18.2 Å². The molecule has 0 aromatic heterocycles. The van der Waals surface area contributed by atoms with Crippen molar-refractivity contribution in [2.75, 3.05) is 12.8 Å². The molecule has 0 unspecified atom stereocenters. The third-order valence-electron chi connectivity index (χ3n) is 3.06. The molecule has 112 valence electrons. The third-order valence-corrected chi connectivity index (χ3v) is 4.50. The first kappa shape index (κ1) is 15.3. The van der Waals surface area contributed by atoms with Crippen molar-refractivity contribution in [2.45, 2.75) is 18.2 Å². The number of aryl methyl sites for hydroxylation is 1. The smallest absolute Gasteiger partial charge is 0.244 e. The van der Waals surface area contributed by atoms with Crippen LogP contribution in [0.3, 0.4) is 0 Å². The highest BCUT2D eigenvalue weighted by atomic mass is 32.2. The summed E-state index contributed by atoms with van der Waals surface area (Å²) in [4.78, 5) is 0.0203. The number of anilines is 1. The van der Waals surface area contributed by atoms with Crippen molar-refractivity contribution in [3.63, 3.8) is 0 Å². The minimum absolute atomic E-state index is 0.0203. The largest absolute Gasteiger partial charge is 0.456 e. The molecule has 2 rings (SSSR count). The molecule has 2 aromatic rings. The van der Waals surface area contributed by atoms with Gasteiger partial charge in [-0.05, 0) is 49.4 Å². The molecule has 0 saturated heterocycles. The second-order valence-corrected chi connectivity index (χ2v) is 6.37. The van der Waals surface area contributed by atoms with Gasteiger partial charge in [0.1, 0.15) is 16.4 Å². The zero-order valence-electron chi connectivity index (χ0n) is 12.0. The minimum Gasteiger partial charge on any atom is -0.456 e. The summed E-state index contributed by atoms with van der Waals surface area (Å²) in [6, 6.07) is 12.1. The maximum atomic E-state index is 12.0. The minimum atomic E-state index is -3.64. The number of nitrogen functional groups attached to an aromatic ring is 1. The number of rotatable bonds is 5. The maximum Gasteiger partial charge on any atom is 0.244 e. The van der Waals surface area contributed by atoms with Crippen LogP contribution in [-0.4, -0.2) is 15.5 Å². The van der Waals surface area contributed by atoms with Crippen LogP contribution in [0.1, 0.15) is 12.5 Å². The van der Waals surface area contributed by atoms with Crippen LogP contribution in [-0.2, 0) is 16.4 Å². The maximum absolute atomic E-state index is 12.0. The van der Waals surface area contributed by atoms with Crippen LogP contribution in [0, 0.1) is 0 Å². The molecule has 6 heteroatoms. The molecule has 21 heavy (non-hydrogen) atoms. The van der Waals surface area contributed by atoms with Crippen molar-refractivity contribution in [1.29, 1.82) is 0 Å². The van der Waals surface area contributed by atoms with Gasteiger partial charge in [-0.3, -0.25) is 0 Å². The van der Waals surface area contributed by atoms with E-state index in [2.05, 4.69) is 4.72 Å². The number of hydrogen-bond acceptors (Lipinski definition) is 4. The average Bonchev–Trinajstić information content (AvgIpc) is 2.49. The molecule has 2 aromatic carbocycles. The van der Waals surface area contributed by atoms with E-state index in [1.165, 1.54) is 13.1 Å². The fourth-order valence-electron chi connectivity index (χ4n) is 1.88. The lowest BCUT2D eigenvalue weighted by Gasteiger charge is -2.12. The predicted molar refractivity (Wildman–Crippen MR) is 83.0 cm³/mol. The Hall–Kier alpha value is -2.05. The highest BCUT2D eigenvalue weighted by Gasteiger charge is 2.18. The van der Waals surface area contributed by atoms with E-state index in [0.717, 1.165) is 12.0 Å². The van der Waals surface area contributed by atoms with Crippen LogP contribution in [0.25, 0.3) is 0 Å². The molecule has 0 heterocycles. The second kappa shape index (κ2) is 6.15. The van der Waals surface area contributed by atoms with E-state index in [9.17, 15) is 8.42 Å². The molecule has 0 fully saturated rings. The Labute approximate surface area is 124 Å². The highest BCUT2D eigenvalue weighted by Crippen LogP contribution is 2.30. The lowest BCUT2D eigenvalue weighted by Crippen LogP contribution is -2.19. The molecule has 0 amide bonds. The van der Waals surface area contributed by atoms with Crippen molar-refractivity contribution in [3.05, 3.63) is 48.0 Å². The van der Waals surface area contributed by atoms with Gasteiger partial charge in [-0.15, -0.1) is 0 Å². The van der Waals surface area contributed by atoms with Crippen LogP contribution < -0.4 is 15.2 Å². The van der Waals surface area contributed by atoms with Crippen LogP contribution in [0.2, 0.25) is 0 Å². The number of sulfonamides is 1. The monoisotopic (exact) mass is 306 g/mol. The molecule has 0 saturated carbocycles. The molecule has 0 radical (unpaired) electrons. The van der Waals surface area contributed by atoms with Crippen molar-refractivity contribution in [3.8, 4) is 11.5 Å². The third kappa shape index (κ3) is 3.53. The first-order chi connectivity index (χ1) is 9.96. The molecule has 0 aliphatic rings. The summed E-state index contributed by atoms with van der Waals surface area (Å²) in [7, 11) is -2.29. The van der Waals surface area contributed by atoms with Crippen LogP contribution >= 0.6 is 0 Å². The van der Waals surface area contributed by atoms with Gasteiger partial charge >= 0.3 is 0 Å². The van der Waals surface area contributed by atoms with E-state index in [4.69, 9.17) is 10.5 Å². The topological polar surface area (TPSA) is 81.4 Å². The highest BCUT2D eigenvalue weighted by molar-refractivity contribution is 7.89. The standard InChI is InChI=1S/C15H18N2O3S/c1-3-11-5-4-6-13(9-11)20-14-8-7-12(16)10-15(14)21(18,19)17-2/h4-10,17H,3,16H2,1-2H3. The zero-order chi connectivity index (χ0) is 15.5. The molecule has 0 spiro atoms. The summed E-state index contributed by atoms with van der Waals surface area (Å²) in [6.45, 7) is 2.04. The molecule has 0 bridgehead atoms. The van der Waals surface area contributed by atoms with E-state index in [-0.39, 0.29) is 10.6 Å². The Morgan fingerprint density at radius 2 is 1.95 bits per heavy atom. The molecule has 0 aliphatic heterocycles. The number of nitrogens with two attached hydrogens (primary N) is 1. The van der Waals surface area contributed by atoms with E-state index < -0.39 is 10.0 Å². The van der Waals surface area contributed by atoms with Gasteiger partial charge in [0.2, 0.25) is 10.0 Å². The first-order valence-corrected chi connectivity index (χ1v) is 8.04. The summed E-state index contributed by atoms with van der Waals surface area (Å²) in [6.07, 6.45) is 0.876. The second-order valence-electron chi connectivity index (χ2n) is 4.52. The SMILES string of the molecule is CCc1cccc(Oc2ccc(N)cc2S(=O)(=O)NC)c1. The van der Waals surface area contributed by atoms with Gasteiger partial charge in [0.25, 0.3) is 0 Å². The van der Waals surface area contributed by atoms with E-state index in [0.29, 0.717) is 11.4 Å². The molecule has 0 atom stereocenters. The van der Waals surface area contributed by atoms with E-state index >= 15 is 0 Å². The Morgan fingerprint density at radius 1 is 1.19 bits per heavy atom. The van der Waals surface area contributed by atoms with Crippen molar-refractivity contribution in [1.82, 2.24) is 4.72 Å². The number of hydrogen-bond donors (Lipinski definition) is 2. The Kier molecular flexibility index (Phi) is 4.50. The summed E-state index contributed by atoms with van der Waals surface area (Å²) in [5, 5.41) is 0. The number of benzene rings is 2. The lowest BCUT2D eigenvalue weighted by molar-refractivity contribution is 0.466. The normalized spacial score (nSPS) is 11.3. The number of ether oxygens (including phenoxy) is 1. The van der Waals surface area contributed by atoms with Crippen LogP contribution in [0.15, 0.2) is 47.4 Å². The summed E-state index contributed by atoms with van der Waals surface area (Å²) in [5.74, 6) is 0.832. The fraction of sp³-hybridized carbons (Fsp3) is 0.200. The average molecular weight is 306 g/mol. The van der Waals surface area contributed by atoms with Gasteiger partial charge in [-0.25, -0.2) is 13.1 Å². The van der Waals surface area contributed by atoms with Crippen molar-refractivity contribution < 1.29 is 13.2 Å². The quantitative estimate of drug-likeness (QED) is 0.832. The lowest BCUT2D eigenvalue weighted by atomic mass is 10.2. The molecule has 0 aliphatic carbocycles. The van der Waals surface area contributed by atoms with Crippen molar-refractivity contribution in [2.24, 2.45) is 0 Å². The predicted octanol–water partition coefficient (Wildman–Crippen LogP) is 2.53. The van der Waals surface area contributed by atoms with Crippen LogP contribution in [0.5, 0.6) is 11.5 Å². The molecular formula is C15H18N2O3S. The summed E-state index contributed by atoms with van der Waals surface area (Å²) < 4.78 is 32.1. The Bertz CT molecular complexity index is 742. The molecule has 5 nitrogen and oxygen atoms in total. The van der Waals surface area contributed by atoms with E-state index in [1.807, 2.05) is 25.1 Å². The van der Waals surface area contributed by atoms with Gasteiger partial charge in [-0.2, -0.15) is 0 Å². The van der Waals surface area contributed by atoms with Gasteiger partial charge in [0.15, 0.2) is 0 Å². The van der Waals surface area contributed by atoms with Gasteiger partial charge in [-0.1, -0.05) is 19.1 Å². The zero-order valence-corrected chi connectivity index (χ0v) is 12.8. The number of nitrogens with one attached hydrogen (secondary N) is 1. The Balaban J connectivity index is 2.44. The van der Waals surface area contributed by atoms with Gasteiger partial charge in [0, 0.05) is 5.69 Å².